The average molecular weight is 307 g/mol. The van der Waals surface area contributed by atoms with Crippen molar-refractivity contribution in [1.82, 2.24) is 0 Å². The van der Waals surface area contributed by atoms with Crippen LogP contribution in [-0.2, 0) is 11.2 Å². The fourth-order valence-corrected chi connectivity index (χ4v) is 2.20. The van der Waals surface area contributed by atoms with Crippen LogP contribution >= 0.6 is 27.5 Å². The third-order valence-corrected chi connectivity index (χ3v) is 3.18. The van der Waals surface area contributed by atoms with E-state index in [1.54, 1.807) is 0 Å². The maximum absolute atomic E-state index is 6.12. The van der Waals surface area contributed by atoms with Gasteiger partial charge in [-0.15, -0.1) is 0 Å². The van der Waals surface area contributed by atoms with Crippen molar-refractivity contribution in [2.24, 2.45) is 5.73 Å². The number of nitrogens with two attached hydrogens (primary N) is 1. The van der Waals surface area contributed by atoms with Crippen molar-refractivity contribution >= 4 is 27.5 Å². The zero-order valence-corrected chi connectivity index (χ0v) is 11.7. The van der Waals surface area contributed by atoms with Crippen molar-refractivity contribution in [2.45, 2.75) is 25.8 Å². The maximum Gasteiger partial charge on any atom is 0.0480 e. The summed E-state index contributed by atoms with van der Waals surface area (Å²) in [5.41, 5.74) is 7.09. The number of hydrogen-bond donors (Lipinski definition) is 1. The quantitative estimate of drug-likeness (QED) is 0.818. The molecule has 0 amide bonds. The van der Waals surface area contributed by atoms with Crippen molar-refractivity contribution in [3.05, 3.63) is 33.3 Å². The predicted octanol–water partition coefficient (Wildman–Crippen LogP) is 3.40. The SMILES string of the molecule is CCOCCC(N)Cc1ccc(Br)cc1Cl. The van der Waals surface area contributed by atoms with Gasteiger partial charge in [0.2, 0.25) is 0 Å². The van der Waals surface area contributed by atoms with Crippen LogP contribution in [0.25, 0.3) is 0 Å². The Morgan fingerprint density at radius 2 is 2.25 bits per heavy atom. The molecule has 0 aliphatic rings. The summed E-state index contributed by atoms with van der Waals surface area (Å²) in [6.45, 7) is 3.44. The van der Waals surface area contributed by atoms with Crippen LogP contribution in [0, 0.1) is 0 Å². The topological polar surface area (TPSA) is 35.2 Å². The molecule has 16 heavy (non-hydrogen) atoms. The van der Waals surface area contributed by atoms with Crippen LogP contribution in [0.2, 0.25) is 5.02 Å². The molecule has 2 nitrogen and oxygen atoms in total. The molecule has 4 heteroatoms. The smallest absolute Gasteiger partial charge is 0.0480 e. The third-order valence-electron chi connectivity index (χ3n) is 2.33. The number of benzene rings is 1. The number of rotatable bonds is 6. The van der Waals surface area contributed by atoms with E-state index in [2.05, 4.69) is 15.9 Å². The fourth-order valence-electron chi connectivity index (χ4n) is 1.45. The summed E-state index contributed by atoms with van der Waals surface area (Å²) in [4.78, 5) is 0. The van der Waals surface area contributed by atoms with Gasteiger partial charge in [0.15, 0.2) is 0 Å². The van der Waals surface area contributed by atoms with Crippen molar-refractivity contribution < 1.29 is 4.74 Å². The van der Waals surface area contributed by atoms with Crippen molar-refractivity contribution in [3.63, 3.8) is 0 Å². The minimum atomic E-state index is 0.102. The first-order chi connectivity index (χ1) is 7.63. The van der Waals surface area contributed by atoms with Crippen molar-refractivity contribution in [3.8, 4) is 0 Å². The van der Waals surface area contributed by atoms with Crippen LogP contribution in [0.1, 0.15) is 18.9 Å². The summed E-state index contributed by atoms with van der Waals surface area (Å²) in [5.74, 6) is 0. The second-order valence-electron chi connectivity index (χ2n) is 3.69. The summed E-state index contributed by atoms with van der Waals surface area (Å²) in [7, 11) is 0. The summed E-state index contributed by atoms with van der Waals surface area (Å²) < 4.78 is 6.26. The molecule has 0 bridgehead atoms. The molecular formula is C12H17BrClNO. The first-order valence-electron chi connectivity index (χ1n) is 5.40. The van der Waals surface area contributed by atoms with Gasteiger partial charge in [-0.3, -0.25) is 0 Å². The molecule has 0 heterocycles. The minimum absolute atomic E-state index is 0.102. The largest absolute Gasteiger partial charge is 0.382 e. The lowest BCUT2D eigenvalue weighted by atomic mass is 10.0. The molecule has 0 spiro atoms. The molecule has 0 radical (unpaired) electrons. The summed E-state index contributed by atoms with van der Waals surface area (Å²) in [6, 6.07) is 5.99. The van der Waals surface area contributed by atoms with Crippen LogP contribution in [0.5, 0.6) is 0 Å². The standard InChI is InChI=1S/C12H17BrClNO/c1-2-16-6-5-11(15)7-9-3-4-10(13)8-12(9)14/h3-4,8,11H,2,5-7,15H2,1H3. The average Bonchev–Trinajstić information content (AvgIpc) is 2.23. The lowest BCUT2D eigenvalue weighted by Gasteiger charge is -2.12. The Hall–Kier alpha value is -0.0900. The minimum Gasteiger partial charge on any atom is -0.382 e. The highest BCUT2D eigenvalue weighted by atomic mass is 79.9. The molecule has 0 aromatic heterocycles. The van der Waals surface area contributed by atoms with Gasteiger partial charge in [-0.1, -0.05) is 33.6 Å². The molecule has 2 N–H and O–H groups in total. The molecular weight excluding hydrogens is 289 g/mol. The molecule has 1 unspecified atom stereocenters. The van der Waals surface area contributed by atoms with E-state index < -0.39 is 0 Å². The molecule has 1 rings (SSSR count). The molecule has 1 aromatic carbocycles. The normalized spacial score (nSPS) is 12.8. The maximum atomic E-state index is 6.12. The monoisotopic (exact) mass is 305 g/mol. The van der Waals surface area contributed by atoms with E-state index in [4.69, 9.17) is 22.1 Å². The van der Waals surface area contributed by atoms with Gasteiger partial charge in [0.1, 0.15) is 0 Å². The zero-order valence-electron chi connectivity index (χ0n) is 9.38. The van der Waals surface area contributed by atoms with E-state index in [0.717, 1.165) is 34.5 Å². The molecule has 90 valence electrons. The Morgan fingerprint density at radius 3 is 2.88 bits per heavy atom. The number of hydrogen-bond acceptors (Lipinski definition) is 2. The number of halogens is 2. The Morgan fingerprint density at radius 1 is 1.50 bits per heavy atom. The van der Waals surface area contributed by atoms with Gasteiger partial charge < -0.3 is 10.5 Å². The van der Waals surface area contributed by atoms with E-state index in [1.165, 1.54) is 0 Å². The highest BCUT2D eigenvalue weighted by Gasteiger charge is 2.07. The van der Waals surface area contributed by atoms with E-state index in [-0.39, 0.29) is 6.04 Å². The molecule has 0 aliphatic heterocycles. The lowest BCUT2D eigenvalue weighted by Crippen LogP contribution is -2.24. The van der Waals surface area contributed by atoms with E-state index >= 15 is 0 Å². The van der Waals surface area contributed by atoms with Gasteiger partial charge in [-0.25, -0.2) is 0 Å². The molecule has 1 aromatic rings. The predicted molar refractivity (Wildman–Crippen MR) is 71.9 cm³/mol. The van der Waals surface area contributed by atoms with Gasteiger partial charge in [0.05, 0.1) is 0 Å². The van der Waals surface area contributed by atoms with E-state index in [1.807, 2.05) is 25.1 Å². The van der Waals surface area contributed by atoms with Crippen LogP contribution in [0.4, 0.5) is 0 Å². The fraction of sp³-hybridized carbons (Fsp3) is 0.500. The Bertz CT molecular complexity index is 333. The van der Waals surface area contributed by atoms with Crippen LogP contribution < -0.4 is 5.73 Å². The Kier molecular flexibility index (Phi) is 6.36. The summed E-state index contributed by atoms with van der Waals surface area (Å²) in [6.07, 6.45) is 1.65. The molecule has 0 aliphatic carbocycles. The lowest BCUT2D eigenvalue weighted by molar-refractivity contribution is 0.140. The van der Waals surface area contributed by atoms with E-state index in [0.29, 0.717) is 6.61 Å². The van der Waals surface area contributed by atoms with Crippen molar-refractivity contribution in [1.29, 1.82) is 0 Å². The molecule has 0 saturated carbocycles. The molecule has 0 fully saturated rings. The second kappa shape index (κ2) is 7.28. The van der Waals surface area contributed by atoms with Gasteiger partial charge in [0.25, 0.3) is 0 Å². The van der Waals surface area contributed by atoms with Crippen LogP contribution in [-0.4, -0.2) is 19.3 Å². The second-order valence-corrected chi connectivity index (χ2v) is 5.01. The van der Waals surface area contributed by atoms with Gasteiger partial charge >= 0.3 is 0 Å². The number of ether oxygens (including phenoxy) is 1. The van der Waals surface area contributed by atoms with Crippen LogP contribution in [0.15, 0.2) is 22.7 Å². The Balaban J connectivity index is 2.46. The third kappa shape index (κ3) is 4.83. The first-order valence-corrected chi connectivity index (χ1v) is 6.57. The van der Waals surface area contributed by atoms with E-state index in [9.17, 15) is 0 Å². The molecule has 1 atom stereocenters. The van der Waals surface area contributed by atoms with Gasteiger partial charge in [0, 0.05) is 28.8 Å². The highest BCUT2D eigenvalue weighted by Crippen LogP contribution is 2.22. The molecule has 0 saturated heterocycles. The van der Waals surface area contributed by atoms with Gasteiger partial charge in [-0.2, -0.15) is 0 Å². The van der Waals surface area contributed by atoms with Crippen molar-refractivity contribution in [2.75, 3.05) is 13.2 Å². The van der Waals surface area contributed by atoms with Gasteiger partial charge in [-0.05, 0) is 37.5 Å². The zero-order chi connectivity index (χ0) is 12.0. The summed E-state index contributed by atoms with van der Waals surface area (Å²) >= 11 is 9.50. The highest BCUT2D eigenvalue weighted by molar-refractivity contribution is 9.10. The Labute approximate surface area is 110 Å². The van der Waals surface area contributed by atoms with Crippen LogP contribution in [0.3, 0.4) is 0 Å². The summed E-state index contributed by atoms with van der Waals surface area (Å²) in [5, 5.41) is 0.765. The first kappa shape index (κ1) is 14.0.